The van der Waals surface area contributed by atoms with E-state index in [4.69, 9.17) is 5.11 Å². The van der Waals surface area contributed by atoms with Gasteiger partial charge in [0.25, 0.3) is 0 Å². The van der Waals surface area contributed by atoms with Crippen molar-refractivity contribution in [3.63, 3.8) is 0 Å². The van der Waals surface area contributed by atoms with Gasteiger partial charge in [0.1, 0.15) is 5.82 Å². The summed E-state index contributed by atoms with van der Waals surface area (Å²) < 4.78 is 14.1. The fourth-order valence-corrected chi connectivity index (χ4v) is 3.56. The number of hydrogen-bond donors (Lipinski definition) is 1. The van der Waals surface area contributed by atoms with Crippen LogP contribution in [0.25, 0.3) is 6.08 Å². The van der Waals surface area contributed by atoms with Crippen molar-refractivity contribution in [2.45, 2.75) is 31.7 Å². The van der Waals surface area contributed by atoms with Gasteiger partial charge in [0.15, 0.2) is 0 Å². The second-order valence-corrected chi connectivity index (χ2v) is 6.79. The summed E-state index contributed by atoms with van der Waals surface area (Å²) in [6.45, 7) is 5.95. The minimum Gasteiger partial charge on any atom is -0.478 e. The van der Waals surface area contributed by atoms with Crippen LogP contribution in [0.5, 0.6) is 0 Å². The standard InChI is InChI=1S/C16H20FNO2S/c1-11-12(2)21-8-7-18(11)10-14-5-3-13(9-15(14)17)4-6-16(19)20/h3-6,9,11-12H,7-8,10H2,1-2H3,(H,19,20)/b6-4+. The lowest BCUT2D eigenvalue weighted by Gasteiger charge is -2.37. The van der Waals surface area contributed by atoms with Gasteiger partial charge < -0.3 is 5.11 Å². The Morgan fingerprint density at radius 2 is 2.29 bits per heavy atom. The van der Waals surface area contributed by atoms with Crippen LogP contribution >= 0.6 is 11.8 Å². The molecule has 0 radical (unpaired) electrons. The van der Waals surface area contributed by atoms with Crippen LogP contribution < -0.4 is 0 Å². The molecule has 1 aliphatic rings. The summed E-state index contributed by atoms with van der Waals surface area (Å²) in [5, 5.41) is 9.13. The predicted molar refractivity (Wildman–Crippen MR) is 84.9 cm³/mol. The average Bonchev–Trinajstić information content (AvgIpc) is 2.44. The molecule has 2 atom stereocenters. The molecule has 0 aliphatic carbocycles. The molecular weight excluding hydrogens is 289 g/mol. The number of carboxylic acids is 1. The molecule has 0 amide bonds. The van der Waals surface area contributed by atoms with Gasteiger partial charge in [-0.05, 0) is 24.6 Å². The van der Waals surface area contributed by atoms with Crippen molar-refractivity contribution in [1.82, 2.24) is 4.90 Å². The van der Waals surface area contributed by atoms with E-state index in [-0.39, 0.29) is 5.82 Å². The lowest BCUT2D eigenvalue weighted by atomic mass is 10.1. The molecule has 1 aliphatic heterocycles. The number of carboxylic acid groups (broad SMARTS) is 1. The van der Waals surface area contributed by atoms with Gasteiger partial charge in [-0.25, -0.2) is 9.18 Å². The van der Waals surface area contributed by atoms with Crippen LogP contribution in [0.15, 0.2) is 24.3 Å². The summed E-state index contributed by atoms with van der Waals surface area (Å²) in [4.78, 5) is 12.8. The van der Waals surface area contributed by atoms with Crippen molar-refractivity contribution in [2.24, 2.45) is 0 Å². The van der Waals surface area contributed by atoms with Crippen LogP contribution in [0.4, 0.5) is 4.39 Å². The van der Waals surface area contributed by atoms with Crippen LogP contribution in [-0.4, -0.2) is 39.6 Å². The molecule has 1 aromatic rings. The van der Waals surface area contributed by atoms with Gasteiger partial charge in [-0.1, -0.05) is 19.1 Å². The maximum absolute atomic E-state index is 14.1. The second-order valence-electron chi connectivity index (χ2n) is 5.31. The highest BCUT2D eigenvalue weighted by molar-refractivity contribution is 8.00. The Kier molecular flexibility index (Phi) is 5.42. The Morgan fingerprint density at radius 3 is 2.95 bits per heavy atom. The van der Waals surface area contributed by atoms with E-state index in [1.54, 1.807) is 12.1 Å². The van der Waals surface area contributed by atoms with Gasteiger partial charge >= 0.3 is 5.97 Å². The minimum absolute atomic E-state index is 0.277. The van der Waals surface area contributed by atoms with E-state index in [2.05, 4.69) is 18.7 Å². The highest BCUT2D eigenvalue weighted by Crippen LogP contribution is 2.26. The van der Waals surface area contributed by atoms with Crippen molar-refractivity contribution in [2.75, 3.05) is 12.3 Å². The molecule has 0 bridgehead atoms. The Hall–Kier alpha value is -1.33. The maximum Gasteiger partial charge on any atom is 0.328 e. The zero-order chi connectivity index (χ0) is 15.4. The number of thioether (sulfide) groups is 1. The number of halogens is 1. The van der Waals surface area contributed by atoms with E-state index in [9.17, 15) is 9.18 Å². The molecule has 1 heterocycles. The molecule has 5 heteroatoms. The average molecular weight is 309 g/mol. The largest absolute Gasteiger partial charge is 0.478 e. The van der Waals surface area contributed by atoms with Crippen LogP contribution in [-0.2, 0) is 11.3 Å². The topological polar surface area (TPSA) is 40.5 Å². The molecule has 114 valence electrons. The summed E-state index contributed by atoms with van der Waals surface area (Å²) in [6, 6.07) is 5.32. The number of rotatable bonds is 4. The lowest BCUT2D eigenvalue weighted by molar-refractivity contribution is -0.131. The number of carbonyl (C=O) groups is 1. The Bertz CT molecular complexity index is 547. The first-order valence-corrected chi connectivity index (χ1v) is 8.07. The number of aliphatic carboxylic acids is 1. The number of benzene rings is 1. The summed E-state index contributed by atoms with van der Waals surface area (Å²) in [5.74, 6) is -0.235. The minimum atomic E-state index is -1.03. The Balaban J connectivity index is 2.09. The zero-order valence-corrected chi connectivity index (χ0v) is 13.1. The summed E-state index contributed by atoms with van der Waals surface area (Å²) in [5.41, 5.74) is 1.22. The van der Waals surface area contributed by atoms with Crippen molar-refractivity contribution >= 4 is 23.8 Å². The predicted octanol–water partition coefficient (Wildman–Crippen LogP) is 3.25. The summed E-state index contributed by atoms with van der Waals surface area (Å²) in [6.07, 6.45) is 2.41. The molecule has 1 fully saturated rings. The summed E-state index contributed by atoms with van der Waals surface area (Å²) >= 11 is 1.96. The molecule has 0 aromatic heterocycles. The van der Waals surface area contributed by atoms with Crippen LogP contribution in [0.3, 0.4) is 0 Å². The van der Waals surface area contributed by atoms with Crippen molar-refractivity contribution in [3.8, 4) is 0 Å². The maximum atomic E-state index is 14.1. The second kappa shape index (κ2) is 7.09. The van der Waals surface area contributed by atoms with E-state index in [1.807, 2.05) is 11.8 Å². The third-order valence-electron chi connectivity index (χ3n) is 3.88. The third-order valence-corrected chi connectivity index (χ3v) is 5.22. The lowest BCUT2D eigenvalue weighted by Crippen LogP contribution is -2.44. The molecule has 2 rings (SSSR count). The SMILES string of the molecule is CC1SCCN(Cc2ccc(/C=C/C(=O)O)cc2F)C1C. The number of hydrogen-bond acceptors (Lipinski definition) is 3. The van der Waals surface area contributed by atoms with E-state index in [0.717, 1.165) is 18.4 Å². The fourth-order valence-electron chi connectivity index (χ4n) is 2.40. The zero-order valence-electron chi connectivity index (χ0n) is 12.3. The fraction of sp³-hybridized carbons (Fsp3) is 0.438. The van der Waals surface area contributed by atoms with Gasteiger partial charge in [-0.3, -0.25) is 4.90 Å². The molecule has 21 heavy (non-hydrogen) atoms. The van der Waals surface area contributed by atoms with Crippen LogP contribution in [0.2, 0.25) is 0 Å². The Morgan fingerprint density at radius 1 is 1.52 bits per heavy atom. The van der Waals surface area contributed by atoms with E-state index >= 15 is 0 Å². The molecule has 0 saturated carbocycles. The molecule has 0 spiro atoms. The normalized spacial score (nSPS) is 23.6. The monoisotopic (exact) mass is 309 g/mol. The molecule has 1 N–H and O–H groups in total. The number of nitrogens with zero attached hydrogens (tertiary/aromatic N) is 1. The first-order chi connectivity index (χ1) is 9.97. The quantitative estimate of drug-likeness (QED) is 0.867. The van der Waals surface area contributed by atoms with E-state index in [0.29, 0.717) is 29.0 Å². The van der Waals surface area contributed by atoms with Gasteiger partial charge in [0.05, 0.1) is 0 Å². The van der Waals surface area contributed by atoms with Crippen molar-refractivity contribution < 1.29 is 14.3 Å². The van der Waals surface area contributed by atoms with E-state index in [1.165, 1.54) is 12.1 Å². The first kappa shape index (κ1) is 16.0. The summed E-state index contributed by atoms with van der Waals surface area (Å²) in [7, 11) is 0. The highest BCUT2D eigenvalue weighted by Gasteiger charge is 2.25. The third kappa shape index (κ3) is 4.32. The molecule has 1 aromatic carbocycles. The Labute approximate surface area is 128 Å². The first-order valence-electron chi connectivity index (χ1n) is 7.02. The van der Waals surface area contributed by atoms with Gasteiger partial charge in [-0.15, -0.1) is 0 Å². The molecule has 2 unspecified atom stereocenters. The van der Waals surface area contributed by atoms with Crippen molar-refractivity contribution in [3.05, 3.63) is 41.2 Å². The van der Waals surface area contributed by atoms with Gasteiger partial charge in [0, 0.05) is 41.8 Å². The van der Waals surface area contributed by atoms with E-state index < -0.39 is 5.97 Å². The highest BCUT2D eigenvalue weighted by atomic mass is 32.2. The molecule has 1 saturated heterocycles. The smallest absolute Gasteiger partial charge is 0.328 e. The van der Waals surface area contributed by atoms with Gasteiger partial charge in [-0.2, -0.15) is 11.8 Å². The molecular formula is C16H20FNO2S. The molecule has 3 nitrogen and oxygen atoms in total. The van der Waals surface area contributed by atoms with Gasteiger partial charge in [0.2, 0.25) is 0 Å². The van der Waals surface area contributed by atoms with Crippen LogP contribution in [0.1, 0.15) is 25.0 Å². The van der Waals surface area contributed by atoms with Crippen molar-refractivity contribution in [1.29, 1.82) is 0 Å². The van der Waals surface area contributed by atoms with Crippen LogP contribution in [0, 0.1) is 5.82 Å².